The highest BCUT2D eigenvalue weighted by Gasteiger charge is 2.19. The quantitative estimate of drug-likeness (QED) is 0.848. The molecule has 1 aromatic carbocycles. The van der Waals surface area contributed by atoms with E-state index in [-0.39, 0.29) is 6.10 Å². The van der Waals surface area contributed by atoms with Crippen molar-refractivity contribution in [3.63, 3.8) is 0 Å². The summed E-state index contributed by atoms with van der Waals surface area (Å²) in [5.74, 6) is 1.81. The van der Waals surface area contributed by atoms with Gasteiger partial charge in [-0.1, -0.05) is 17.7 Å². The molecule has 0 saturated heterocycles. The first-order chi connectivity index (χ1) is 10.2. The molecule has 1 aromatic heterocycles. The highest BCUT2D eigenvalue weighted by atomic mass is 35.5. The van der Waals surface area contributed by atoms with Crippen LogP contribution in [-0.4, -0.2) is 24.1 Å². The Morgan fingerprint density at radius 3 is 3.10 bits per heavy atom. The van der Waals surface area contributed by atoms with Gasteiger partial charge in [-0.15, -0.1) is 0 Å². The molecule has 0 fully saturated rings. The Labute approximate surface area is 129 Å². The number of hydrogen-bond donors (Lipinski definition) is 0. The predicted octanol–water partition coefficient (Wildman–Crippen LogP) is 4.23. The number of nitrogens with zero attached hydrogens (tertiary/aromatic N) is 1. The average molecular weight is 304 g/mol. The van der Waals surface area contributed by atoms with E-state index in [0.29, 0.717) is 0 Å². The van der Waals surface area contributed by atoms with Crippen molar-refractivity contribution in [2.75, 3.05) is 13.1 Å². The minimum atomic E-state index is 0.157. The molecule has 1 aliphatic heterocycles. The Hall–Kier alpha value is -1.71. The molecule has 0 saturated carbocycles. The Bertz CT molecular complexity index is 622. The van der Waals surface area contributed by atoms with E-state index in [9.17, 15) is 0 Å². The Balaban J connectivity index is 1.71. The van der Waals surface area contributed by atoms with Gasteiger partial charge in [-0.3, -0.25) is 4.90 Å². The zero-order chi connectivity index (χ0) is 14.7. The molecule has 0 amide bonds. The van der Waals surface area contributed by atoms with E-state index in [1.807, 2.05) is 36.4 Å². The lowest BCUT2D eigenvalue weighted by molar-refractivity contribution is 0.170. The molecule has 4 heteroatoms. The minimum Gasteiger partial charge on any atom is -0.489 e. The van der Waals surface area contributed by atoms with E-state index in [4.69, 9.17) is 20.8 Å². The van der Waals surface area contributed by atoms with Gasteiger partial charge in [0.05, 0.1) is 6.26 Å². The third-order valence-electron chi connectivity index (χ3n) is 3.45. The zero-order valence-corrected chi connectivity index (χ0v) is 12.7. The van der Waals surface area contributed by atoms with Crippen molar-refractivity contribution in [1.82, 2.24) is 4.90 Å². The largest absolute Gasteiger partial charge is 0.489 e. The molecule has 0 bridgehead atoms. The molecule has 2 aromatic rings. The Kier molecular flexibility index (Phi) is 4.32. The lowest BCUT2D eigenvalue weighted by atomic mass is 10.2. The summed E-state index contributed by atoms with van der Waals surface area (Å²) in [4.78, 5) is 2.34. The zero-order valence-electron chi connectivity index (χ0n) is 12.0. The molecule has 1 aliphatic rings. The van der Waals surface area contributed by atoms with Crippen LogP contribution in [0.15, 0.2) is 47.1 Å². The summed E-state index contributed by atoms with van der Waals surface area (Å²) in [5.41, 5.74) is 1.14. The van der Waals surface area contributed by atoms with Gasteiger partial charge in [-0.2, -0.15) is 0 Å². The molecular formula is C17H18ClNO2. The average Bonchev–Trinajstić information content (AvgIpc) is 2.89. The van der Waals surface area contributed by atoms with Crippen molar-refractivity contribution >= 4 is 17.7 Å². The van der Waals surface area contributed by atoms with Crippen LogP contribution in [0, 0.1) is 0 Å². The minimum absolute atomic E-state index is 0.157. The molecule has 21 heavy (non-hydrogen) atoms. The van der Waals surface area contributed by atoms with Crippen LogP contribution in [0.4, 0.5) is 0 Å². The van der Waals surface area contributed by atoms with Crippen LogP contribution in [-0.2, 0) is 6.54 Å². The van der Waals surface area contributed by atoms with Crippen molar-refractivity contribution in [3.8, 4) is 5.75 Å². The number of rotatable bonds is 3. The van der Waals surface area contributed by atoms with Gasteiger partial charge >= 0.3 is 0 Å². The molecule has 3 nitrogen and oxygen atoms in total. The van der Waals surface area contributed by atoms with Crippen LogP contribution in [0.1, 0.15) is 18.2 Å². The summed E-state index contributed by atoms with van der Waals surface area (Å²) in [6.07, 6.45) is 5.94. The normalized spacial score (nSPS) is 19.2. The van der Waals surface area contributed by atoms with Crippen molar-refractivity contribution < 1.29 is 9.15 Å². The van der Waals surface area contributed by atoms with Crippen LogP contribution in [0.5, 0.6) is 5.75 Å². The van der Waals surface area contributed by atoms with Gasteiger partial charge < -0.3 is 9.15 Å². The summed E-state index contributed by atoms with van der Waals surface area (Å²) in [6.45, 7) is 4.66. The van der Waals surface area contributed by atoms with Gasteiger partial charge in [0.1, 0.15) is 17.6 Å². The first kappa shape index (κ1) is 14.2. The maximum absolute atomic E-state index is 6.09. The van der Waals surface area contributed by atoms with E-state index in [1.54, 1.807) is 6.26 Å². The number of ether oxygens (including phenoxy) is 1. The van der Waals surface area contributed by atoms with Gasteiger partial charge in [0, 0.05) is 30.2 Å². The first-order valence-corrected chi connectivity index (χ1v) is 7.46. The smallest absolute Gasteiger partial charge is 0.126 e. The summed E-state index contributed by atoms with van der Waals surface area (Å²) in [5, 5.41) is 0.748. The Morgan fingerprint density at radius 2 is 2.29 bits per heavy atom. The van der Waals surface area contributed by atoms with Crippen LogP contribution < -0.4 is 4.74 Å². The fraction of sp³-hybridized carbons (Fsp3) is 0.294. The molecule has 0 radical (unpaired) electrons. The second-order valence-electron chi connectivity index (χ2n) is 5.29. The highest BCUT2D eigenvalue weighted by Crippen LogP contribution is 2.27. The second kappa shape index (κ2) is 6.37. The monoisotopic (exact) mass is 303 g/mol. The number of fused-ring (bicyclic) bond motifs is 1. The predicted molar refractivity (Wildman–Crippen MR) is 84.6 cm³/mol. The van der Waals surface area contributed by atoms with Gasteiger partial charge in [0.2, 0.25) is 0 Å². The van der Waals surface area contributed by atoms with Crippen molar-refractivity contribution in [2.24, 2.45) is 0 Å². The van der Waals surface area contributed by atoms with E-state index < -0.39 is 0 Å². The molecule has 2 heterocycles. The maximum Gasteiger partial charge on any atom is 0.126 e. The summed E-state index contributed by atoms with van der Waals surface area (Å²) >= 11 is 6.09. The van der Waals surface area contributed by atoms with Crippen molar-refractivity contribution in [2.45, 2.75) is 19.6 Å². The third kappa shape index (κ3) is 3.69. The standard InChI is InChI=1S/C17H18ClNO2/c1-13-11-19(8-2-4-16-5-3-9-20-16)12-14-10-15(18)6-7-17(14)21-13/h2-7,9-10,13H,8,11-12H2,1H3. The van der Waals surface area contributed by atoms with Crippen molar-refractivity contribution in [3.05, 3.63) is 59.0 Å². The van der Waals surface area contributed by atoms with Gasteiger partial charge in [-0.05, 0) is 43.3 Å². The molecule has 110 valence electrons. The molecule has 0 aliphatic carbocycles. The van der Waals surface area contributed by atoms with E-state index in [0.717, 1.165) is 41.7 Å². The van der Waals surface area contributed by atoms with Crippen LogP contribution in [0.25, 0.3) is 6.08 Å². The lowest BCUT2D eigenvalue weighted by Gasteiger charge is -2.19. The molecule has 3 rings (SSSR count). The van der Waals surface area contributed by atoms with Crippen LogP contribution in [0.3, 0.4) is 0 Å². The molecular weight excluding hydrogens is 286 g/mol. The van der Waals surface area contributed by atoms with Gasteiger partial charge in [-0.25, -0.2) is 0 Å². The summed E-state index contributed by atoms with van der Waals surface area (Å²) in [7, 11) is 0. The van der Waals surface area contributed by atoms with Crippen molar-refractivity contribution in [1.29, 1.82) is 0 Å². The van der Waals surface area contributed by atoms with Gasteiger partial charge in [0.15, 0.2) is 0 Å². The number of hydrogen-bond acceptors (Lipinski definition) is 3. The fourth-order valence-electron chi connectivity index (χ4n) is 2.55. The number of benzene rings is 1. The fourth-order valence-corrected chi connectivity index (χ4v) is 2.75. The molecule has 0 N–H and O–H groups in total. The summed E-state index contributed by atoms with van der Waals surface area (Å²) in [6, 6.07) is 9.65. The Morgan fingerprint density at radius 1 is 1.38 bits per heavy atom. The second-order valence-corrected chi connectivity index (χ2v) is 5.73. The van der Waals surface area contributed by atoms with Gasteiger partial charge in [0.25, 0.3) is 0 Å². The molecule has 1 atom stereocenters. The van der Waals surface area contributed by atoms with Crippen LogP contribution in [0.2, 0.25) is 5.02 Å². The number of halogens is 1. The lowest BCUT2D eigenvalue weighted by Crippen LogP contribution is -2.31. The van der Waals surface area contributed by atoms with Crippen LogP contribution >= 0.6 is 11.6 Å². The SMILES string of the molecule is CC1CN(CC=Cc2ccco2)Cc2cc(Cl)ccc2O1. The maximum atomic E-state index is 6.09. The molecule has 1 unspecified atom stereocenters. The van der Waals surface area contributed by atoms with E-state index in [1.165, 1.54) is 0 Å². The molecule has 0 spiro atoms. The van der Waals surface area contributed by atoms with E-state index in [2.05, 4.69) is 17.9 Å². The summed E-state index contributed by atoms with van der Waals surface area (Å²) < 4.78 is 11.2. The van der Waals surface area contributed by atoms with E-state index >= 15 is 0 Å². The third-order valence-corrected chi connectivity index (χ3v) is 3.68. The first-order valence-electron chi connectivity index (χ1n) is 7.08. The highest BCUT2D eigenvalue weighted by molar-refractivity contribution is 6.30. The topological polar surface area (TPSA) is 25.6 Å². The number of furan rings is 1.